The van der Waals surface area contributed by atoms with Crippen molar-refractivity contribution in [2.45, 2.75) is 0 Å². The first-order valence-corrected chi connectivity index (χ1v) is 5.07. The summed E-state index contributed by atoms with van der Waals surface area (Å²) < 4.78 is 9.93. The van der Waals surface area contributed by atoms with E-state index in [2.05, 4.69) is 20.7 Å². The molecule has 0 amide bonds. The molecule has 0 aliphatic carbocycles. The number of carbonyl (C=O) groups excluding carboxylic acids is 1. The molecule has 0 aliphatic rings. The minimum atomic E-state index is -1.12. The van der Waals surface area contributed by atoms with Crippen LogP contribution < -0.4 is 4.74 Å². The maximum Gasteiger partial charge on any atom is 0.343 e. The van der Waals surface area contributed by atoms with Gasteiger partial charge in [0.1, 0.15) is 11.3 Å². The van der Waals surface area contributed by atoms with Crippen molar-refractivity contribution in [3.63, 3.8) is 0 Å². The molecule has 5 nitrogen and oxygen atoms in total. The molecule has 1 aromatic rings. The van der Waals surface area contributed by atoms with Crippen molar-refractivity contribution in [2.75, 3.05) is 13.7 Å². The molecular formula is C10H9BrO5. The van der Waals surface area contributed by atoms with Crippen LogP contribution in [0.15, 0.2) is 22.7 Å². The van der Waals surface area contributed by atoms with Crippen LogP contribution in [0.25, 0.3) is 0 Å². The fraction of sp³-hybridized carbons (Fsp3) is 0.200. The summed E-state index contributed by atoms with van der Waals surface area (Å²) in [6, 6.07) is 4.58. The lowest BCUT2D eigenvalue weighted by Gasteiger charge is -2.09. The number of para-hydroxylation sites is 1. The minimum Gasteiger partial charge on any atom is -0.480 e. The summed E-state index contributed by atoms with van der Waals surface area (Å²) in [4.78, 5) is 21.7. The molecule has 1 aromatic carbocycles. The summed E-state index contributed by atoms with van der Waals surface area (Å²) >= 11 is 3.15. The van der Waals surface area contributed by atoms with Crippen molar-refractivity contribution in [2.24, 2.45) is 0 Å². The maximum atomic E-state index is 10.9. The van der Waals surface area contributed by atoms with E-state index in [0.717, 1.165) is 0 Å². The highest BCUT2D eigenvalue weighted by molar-refractivity contribution is 9.10. The van der Waals surface area contributed by atoms with Crippen LogP contribution in [-0.2, 0) is 9.53 Å². The van der Waals surface area contributed by atoms with Gasteiger partial charge in [0.15, 0.2) is 6.61 Å². The van der Waals surface area contributed by atoms with Gasteiger partial charge in [-0.3, -0.25) is 0 Å². The average molecular weight is 289 g/mol. The summed E-state index contributed by atoms with van der Waals surface area (Å²) in [5.74, 6) is -1.59. The molecule has 16 heavy (non-hydrogen) atoms. The molecule has 0 radical (unpaired) electrons. The van der Waals surface area contributed by atoms with Gasteiger partial charge in [0.25, 0.3) is 0 Å². The van der Waals surface area contributed by atoms with E-state index in [-0.39, 0.29) is 17.9 Å². The lowest BCUT2D eigenvalue weighted by Crippen LogP contribution is -2.14. The molecule has 0 bridgehead atoms. The minimum absolute atomic E-state index is 0.0155. The Kier molecular flexibility index (Phi) is 4.30. The molecule has 86 valence electrons. The maximum absolute atomic E-state index is 10.9. The van der Waals surface area contributed by atoms with Crippen molar-refractivity contribution in [3.8, 4) is 5.75 Å². The summed E-state index contributed by atoms with van der Waals surface area (Å²) in [7, 11) is 1.23. The molecule has 0 aromatic heterocycles. The Balaban J connectivity index is 2.93. The molecule has 0 aliphatic heterocycles. The Morgan fingerprint density at radius 1 is 1.44 bits per heavy atom. The Hall–Kier alpha value is -1.56. The zero-order chi connectivity index (χ0) is 12.1. The number of aromatic carboxylic acids is 1. The number of esters is 1. The zero-order valence-corrected chi connectivity index (χ0v) is 9.98. The van der Waals surface area contributed by atoms with E-state index in [1.165, 1.54) is 13.2 Å². The number of halogens is 1. The molecule has 1 N–H and O–H groups in total. The van der Waals surface area contributed by atoms with Crippen molar-refractivity contribution < 1.29 is 24.2 Å². The van der Waals surface area contributed by atoms with Gasteiger partial charge in [-0.05, 0) is 28.1 Å². The van der Waals surface area contributed by atoms with Gasteiger partial charge in [0, 0.05) is 0 Å². The van der Waals surface area contributed by atoms with Crippen LogP contribution in [0.1, 0.15) is 10.4 Å². The molecule has 6 heteroatoms. The quantitative estimate of drug-likeness (QED) is 0.854. The molecule has 0 spiro atoms. The predicted octanol–water partition coefficient (Wildman–Crippen LogP) is 1.70. The Morgan fingerprint density at radius 2 is 2.12 bits per heavy atom. The zero-order valence-electron chi connectivity index (χ0n) is 8.40. The normalized spacial score (nSPS) is 9.62. The number of carbonyl (C=O) groups is 2. The number of hydrogen-bond acceptors (Lipinski definition) is 4. The topological polar surface area (TPSA) is 72.8 Å². The van der Waals surface area contributed by atoms with Crippen LogP contribution in [0.5, 0.6) is 5.75 Å². The molecule has 0 saturated carbocycles. The van der Waals surface area contributed by atoms with Gasteiger partial charge >= 0.3 is 11.9 Å². The predicted molar refractivity (Wildman–Crippen MR) is 58.6 cm³/mol. The lowest BCUT2D eigenvalue weighted by atomic mass is 10.2. The van der Waals surface area contributed by atoms with E-state index in [1.807, 2.05) is 0 Å². The summed E-state index contributed by atoms with van der Waals surface area (Å²) in [6.07, 6.45) is 0. The fourth-order valence-corrected chi connectivity index (χ4v) is 1.49. The van der Waals surface area contributed by atoms with Crippen molar-refractivity contribution in [3.05, 3.63) is 28.2 Å². The number of benzene rings is 1. The average Bonchev–Trinajstić information content (AvgIpc) is 2.26. The van der Waals surface area contributed by atoms with Gasteiger partial charge in [-0.25, -0.2) is 9.59 Å². The number of hydrogen-bond donors (Lipinski definition) is 1. The second-order valence-electron chi connectivity index (χ2n) is 2.79. The fourth-order valence-electron chi connectivity index (χ4n) is 1.01. The third-order valence-electron chi connectivity index (χ3n) is 1.76. The van der Waals surface area contributed by atoms with Crippen molar-refractivity contribution >= 4 is 27.9 Å². The van der Waals surface area contributed by atoms with Crippen LogP contribution in [0.2, 0.25) is 0 Å². The van der Waals surface area contributed by atoms with Crippen LogP contribution in [0, 0.1) is 0 Å². The van der Waals surface area contributed by atoms with Gasteiger partial charge in [0.05, 0.1) is 11.6 Å². The van der Waals surface area contributed by atoms with Crippen LogP contribution >= 0.6 is 15.9 Å². The van der Waals surface area contributed by atoms with Crippen molar-refractivity contribution in [1.82, 2.24) is 0 Å². The Labute approximate surface area is 100 Å². The summed E-state index contributed by atoms with van der Waals surface area (Å²) in [5.41, 5.74) is -0.0155. The second-order valence-corrected chi connectivity index (χ2v) is 3.64. The third kappa shape index (κ3) is 2.96. The van der Waals surface area contributed by atoms with E-state index in [0.29, 0.717) is 4.47 Å². The Bertz CT molecular complexity index is 416. The highest BCUT2D eigenvalue weighted by Crippen LogP contribution is 2.29. The molecule has 0 saturated heterocycles. The molecule has 0 fully saturated rings. The van der Waals surface area contributed by atoms with Crippen molar-refractivity contribution in [1.29, 1.82) is 0 Å². The molecular weight excluding hydrogens is 280 g/mol. The van der Waals surface area contributed by atoms with Gasteiger partial charge in [-0.15, -0.1) is 0 Å². The Morgan fingerprint density at radius 3 is 2.69 bits per heavy atom. The number of ether oxygens (including phenoxy) is 2. The van der Waals surface area contributed by atoms with Gasteiger partial charge in [-0.1, -0.05) is 6.07 Å². The van der Waals surface area contributed by atoms with E-state index in [4.69, 9.17) is 9.84 Å². The first-order valence-electron chi connectivity index (χ1n) is 4.27. The standard InChI is InChI=1S/C10H9BrO5/c1-15-8(12)5-16-9-6(10(13)14)3-2-4-7(9)11/h2-4H,5H2,1H3,(H,13,14). The first kappa shape index (κ1) is 12.5. The number of methoxy groups -OCH3 is 1. The van der Waals surface area contributed by atoms with E-state index in [9.17, 15) is 9.59 Å². The molecule has 0 heterocycles. The van der Waals surface area contributed by atoms with Crippen LogP contribution in [0.3, 0.4) is 0 Å². The largest absolute Gasteiger partial charge is 0.480 e. The van der Waals surface area contributed by atoms with Crippen LogP contribution in [-0.4, -0.2) is 30.8 Å². The highest BCUT2D eigenvalue weighted by atomic mass is 79.9. The number of carboxylic acid groups (broad SMARTS) is 1. The molecule has 1 rings (SSSR count). The molecule has 0 unspecified atom stereocenters. The van der Waals surface area contributed by atoms with Gasteiger partial charge in [0.2, 0.25) is 0 Å². The van der Waals surface area contributed by atoms with E-state index in [1.54, 1.807) is 12.1 Å². The van der Waals surface area contributed by atoms with Gasteiger partial charge in [-0.2, -0.15) is 0 Å². The SMILES string of the molecule is COC(=O)COc1c(Br)cccc1C(=O)O. The summed E-state index contributed by atoms with van der Waals surface area (Å²) in [5, 5.41) is 8.90. The van der Waals surface area contributed by atoms with Gasteiger partial charge < -0.3 is 14.6 Å². The molecule has 0 atom stereocenters. The third-order valence-corrected chi connectivity index (χ3v) is 2.38. The summed E-state index contributed by atoms with van der Waals surface area (Å²) in [6.45, 7) is -0.334. The smallest absolute Gasteiger partial charge is 0.343 e. The second kappa shape index (κ2) is 5.50. The first-order chi connectivity index (χ1) is 7.56. The number of carboxylic acids is 1. The number of rotatable bonds is 4. The lowest BCUT2D eigenvalue weighted by molar-refractivity contribution is -0.142. The van der Waals surface area contributed by atoms with E-state index < -0.39 is 11.9 Å². The highest BCUT2D eigenvalue weighted by Gasteiger charge is 2.15. The van der Waals surface area contributed by atoms with E-state index >= 15 is 0 Å². The monoisotopic (exact) mass is 288 g/mol. The van der Waals surface area contributed by atoms with Crippen LogP contribution in [0.4, 0.5) is 0 Å².